The van der Waals surface area contributed by atoms with E-state index in [1.807, 2.05) is 0 Å². The van der Waals surface area contributed by atoms with E-state index in [4.69, 9.17) is 9.47 Å². The van der Waals surface area contributed by atoms with Gasteiger partial charge in [-0.25, -0.2) is 8.42 Å². The fourth-order valence-electron chi connectivity index (χ4n) is 3.14. The number of rotatable bonds is 4. The van der Waals surface area contributed by atoms with Crippen LogP contribution >= 0.6 is 0 Å². The Kier molecular flexibility index (Phi) is 3.85. The molecule has 2 aliphatic rings. The zero-order chi connectivity index (χ0) is 14.2. The van der Waals surface area contributed by atoms with Gasteiger partial charge in [-0.15, -0.1) is 0 Å². The molecule has 0 aromatic carbocycles. The van der Waals surface area contributed by atoms with Gasteiger partial charge in [0.2, 0.25) is 0 Å². The molecule has 7 heteroatoms. The summed E-state index contributed by atoms with van der Waals surface area (Å²) in [5.41, 5.74) is 0. The van der Waals surface area contributed by atoms with Crippen molar-refractivity contribution in [2.75, 3.05) is 19.0 Å². The van der Waals surface area contributed by atoms with Crippen LogP contribution in [0.25, 0.3) is 0 Å². The fraction of sp³-hybridized carbons (Fsp3) is 0.833. The molecule has 1 saturated carbocycles. The Morgan fingerprint density at radius 3 is 2.11 bits per heavy atom. The van der Waals surface area contributed by atoms with Gasteiger partial charge in [-0.1, -0.05) is 0 Å². The normalized spacial score (nSPS) is 35.1. The van der Waals surface area contributed by atoms with Crippen LogP contribution in [0.3, 0.4) is 0 Å². The van der Waals surface area contributed by atoms with Gasteiger partial charge in [0.1, 0.15) is 0 Å². The summed E-state index contributed by atoms with van der Waals surface area (Å²) in [4.78, 5) is 23.8. The predicted octanol–water partition coefficient (Wildman–Crippen LogP) is 0.162. The molecule has 6 nitrogen and oxygen atoms in total. The van der Waals surface area contributed by atoms with E-state index in [1.165, 1.54) is 0 Å². The van der Waals surface area contributed by atoms with E-state index in [0.29, 0.717) is 6.42 Å². The van der Waals surface area contributed by atoms with Crippen LogP contribution in [-0.4, -0.2) is 44.6 Å². The highest BCUT2D eigenvalue weighted by Crippen LogP contribution is 2.52. The molecular weight excluding hydrogens is 272 g/mol. The molecule has 0 unspecified atom stereocenters. The smallest absolute Gasteiger partial charge is 0.311 e. The first-order valence-electron chi connectivity index (χ1n) is 6.48. The summed E-state index contributed by atoms with van der Waals surface area (Å²) in [6.07, 6.45) is 0.423. The van der Waals surface area contributed by atoms with Gasteiger partial charge in [0.05, 0.1) is 36.1 Å². The summed E-state index contributed by atoms with van der Waals surface area (Å²) in [5, 5.41) is -0.763. The molecule has 0 aromatic rings. The molecule has 0 spiro atoms. The molecule has 108 valence electrons. The van der Waals surface area contributed by atoms with Crippen LogP contribution < -0.4 is 0 Å². The molecule has 0 radical (unpaired) electrons. The minimum absolute atomic E-state index is 0.0359. The molecule has 19 heavy (non-hydrogen) atoms. The zero-order valence-corrected chi connectivity index (χ0v) is 11.8. The third-order valence-corrected chi connectivity index (χ3v) is 6.17. The van der Waals surface area contributed by atoms with Crippen molar-refractivity contribution < 1.29 is 27.5 Å². The van der Waals surface area contributed by atoms with E-state index in [2.05, 4.69) is 0 Å². The van der Waals surface area contributed by atoms with E-state index >= 15 is 0 Å². The number of sulfone groups is 1. The van der Waals surface area contributed by atoms with Crippen molar-refractivity contribution in [1.29, 1.82) is 0 Å². The summed E-state index contributed by atoms with van der Waals surface area (Å²) in [7, 11) is -3.29. The average molecular weight is 290 g/mol. The van der Waals surface area contributed by atoms with Crippen molar-refractivity contribution in [1.82, 2.24) is 0 Å². The standard InChI is InChI=1S/C12H18O6S/c1-3-17-11(13)8-7-5-6-19(15,16)10(7)9(8)12(14)18-4-2/h7-10H,3-6H2,1-2H3/t7-,8-,9-,10-/m1/s1. The van der Waals surface area contributed by atoms with E-state index < -0.39 is 38.9 Å². The van der Waals surface area contributed by atoms with Crippen molar-refractivity contribution in [3.05, 3.63) is 0 Å². The van der Waals surface area contributed by atoms with E-state index in [-0.39, 0.29) is 24.9 Å². The molecule has 0 aromatic heterocycles. The maximum absolute atomic E-state index is 11.9. The van der Waals surface area contributed by atoms with Gasteiger partial charge >= 0.3 is 11.9 Å². The van der Waals surface area contributed by atoms with Gasteiger partial charge in [-0.05, 0) is 26.2 Å². The number of ether oxygens (including phenoxy) is 2. The molecular formula is C12H18O6S. The Bertz CT molecular complexity index is 482. The van der Waals surface area contributed by atoms with Gasteiger partial charge in [0.15, 0.2) is 9.84 Å². The Balaban J connectivity index is 2.23. The first-order chi connectivity index (χ1) is 8.94. The fourth-order valence-corrected chi connectivity index (χ4v) is 5.58. The third kappa shape index (κ3) is 2.24. The molecule has 0 bridgehead atoms. The van der Waals surface area contributed by atoms with Crippen molar-refractivity contribution in [3.63, 3.8) is 0 Å². The Morgan fingerprint density at radius 1 is 1.05 bits per heavy atom. The molecule has 1 saturated heterocycles. The van der Waals surface area contributed by atoms with Crippen LogP contribution in [0.2, 0.25) is 0 Å². The highest BCUT2D eigenvalue weighted by atomic mass is 32.2. The summed E-state index contributed by atoms with van der Waals surface area (Å²) in [5.74, 6) is -2.91. The largest absolute Gasteiger partial charge is 0.466 e. The maximum Gasteiger partial charge on any atom is 0.311 e. The Labute approximate surface area is 112 Å². The van der Waals surface area contributed by atoms with Crippen LogP contribution in [0.1, 0.15) is 20.3 Å². The number of hydrogen-bond acceptors (Lipinski definition) is 6. The highest BCUT2D eigenvalue weighted by Gasteiger charge is 2.66. The molecule has 2 rings (SSSR count). The van der Waals surface area contributed by atoms with Crippen molar-refractivity contribution in [3.8, 4) is 0 Å². The Hall–Kier alpha value is -1.11. The molecule has 1 aliphatic carbocycles. The second-order valence-corrected chi connectivity index (χ2v) is 7.12. The number of carbonyl (C=O) groups excluding carboxylic acids is 2. The van der Waals surface area contributed by atoms with Crippen LogP contribution in [0.5, 0.6) is 0 Å². The van der Waals surface area contributed by atoms with E-state index in [0.717, 1.165) is 0 Å². The van der Waals surface area contributed by atoms with E-state index in [1.54, 1.807) is 13.8 Å². The number of carbonyl (C=O) groups is 2. The average Bonchev–Trinajstić information content (AvgIpc) is 2.50. The third-order valence-electron chi connectivity index (χ3n) is 3.89. The summed E-state index contributed by atoms with van der Waals surface area (Å²) < 4.78 is 33.7. The van der Waals surface area contributed by atoms with Gasteiger partial charge in [-0.2, -0.15) is 0 Å². The number of esters is 2. The molecule has 1 aliphatic heterocycles. The lowest BCUT2D eigenvalue weighted by Gasteiger charge is -2.43. The highest BCUT2D eigenvalue weighted by molar-refractivity contribution is 7.92. The van der Waals surface area contributed by atoms with Crippen molar-refractivity contribution in [2.45, 2.75) is 25.5 Å². The summed E-state index contributed by atoms with van der Waals surface area (Å²) in [6.45, 7) is 3.71. The second-order valence-electron chi connectivity index (χ2n) is 4.84. The first kappa shape index (κ1) is 14.3. The minimum atomic E-state index is -3.29. The second kappa shape index (κ2) is 5.11. The molecule has 2 fully saturated rings. The quantitative estimate of drug-likeness (QED) is 0.686. The van der Waals surface area contributed by atoms with Gasteiger partial charge in [0, 0.05) is 0 Å². The predicted molar refractivity (Wildman–Crippen MR) is 65.9 cm³/mol. The van der Waals surface area contributed by atoms with Gasteiger partial charge < -0.3 is 9.47 Å². The van der Waals surface area contributed by atoms with Crippen LogP contribution in [-0.2, 0) is 28.9 Å². The molecule has 4 atom stereocenters. The van der Waals surface area contributed by atoms with Crippen LogP contribution in [0.15, 0.2) is 0 Å². The first-order valence-corrected chi connectivity index (χ1v) is 8.20. The maximum atomic E-state index is 11.9. The lowest BCUT2D eigenvalue weighted by atomic mass is 9.63. The number of hydrogen-bond donors (Lipinski definition) is 0. The number of fused-ring (bicyclic) bond motifs is 1. The SMILES string of the molecule is CCOC(=O)[C@@H]1[C@H]2CCS(=O)(=O)[C@H]2[C@@H]1C(=O)OCC. The summed E-state index contributed by atoms with van der Waals surface area (Å²) in [6, 6.07) is 0. The van der Waals surface area contributed by atoms with Crippen molar-refractivity contribution in [2.24, 2.45) is 17.8 Å². The van der Waals surface area contributed by atoms with Crippen molar-refractivity contribution >= 4 is 21.8 Å². The molecule has 0 N–H and O–H groups in total. The van der Waals surface area contributed by atoms with Crippen LogP contribution in [0.4, 0.5) is 0 Å². The minimum Gasteiger partial charge on any atom is -0.466 e. The van der Waals surface area contributed by atoms with Crippen LogP contribution in [0, 0.1) is 17.8 Å². The molecule has 0 amide bonds. The lowest BCUT2D eigenvalue weighted by Crippen LogP contribution is -2.58. The van der Waals surface area contributed by atoms with Gasteiger partial charge in [-0.3, -0.25) is 9.59 Å². The van der Waals surface area contributed by atoms with E-state index in [9.17, 15) is 18.0 Å². The Morgan fingerprint density at radius 2 is 1.58 bits per heavy atom. The van der Waals surface area contributed by atoms with Gasteiger partial charge in [0.25, 0.3) is 0 Å². The monoisotopic (exact) mass is 290 g/mol. The molecule has 1 heterocycles. The topological polar surface area (TPSA) is 86.7 Å². The lowest BCUT2D eigenvalue weighted by molar-refractivity contribution is -0.171. The summed E-state index contributed by atoms with van der Waals surface area (Å²) >= 11 is 0. The zero-order valence-electron chi connectivity index (χ0n) is 11.0.